The van der Waals surface area contributed by atoms with Crippen molar-refractivity contribution < 1.29 is 14.3 Å². The summed E-state index contributed by atoms with van der Waals surface area (Å²) in [6, 6.07) is 16.8. The van der Waals surface area contributed by atoms with E-state index in [0.717, 1.165) is 11.1 Å². The predicted octanol–water partition coefficient (Wildman–Crippen LogP) is 3.83. The Labute approximate surface area is 135 Å². The fraction of sp³-hybridized carbons (Fsp3) is 0.158. The molecule has 0 aliphatic rings. The lowest BCUT2D eigenvalue weighted by Gasteiger charge is -2.05. The number of carbonyl (C=O) groups is 2. The SMILES string of the molecule is CC(=O)c1cccc(C=CCNC(=O)OCc2ccccc2)c1. The molecule has 0 atom stereocenters. The molecule has 0 bridgehead atoms. The van der Waals surface area contributed by atoms with Gasteiger partial charge in [-0.1, -0.05) is 60.7 Å². The second-order valence-electron chi connectivity index (χ2n) is 5.03. The van der Waals surface area contributed by atoms with Crippen LogP contribution in [0.15, 0.2) is 60.7 Å². The molecule has 0 aromatic heterocycles. The third kappa shape index (κ3) is 5.79. The van der Waals surface area contributed by atoms with E-state index in [-0.39, 0.29) is 12.4 Å². The molecule has 0 saturated heterocycles. The number of alkyl carbamates (subject to hydrolysis) is 1. The van der Waals surface area contributed by atoms with E-state index in [4.69, 9.17) is 4.74 Å². The maximum absolute atomic E-state index is 11.6. The van der Waals surface area contributed by atoms with E-state index in [1.807, 2.05) is 60.7 Å². The molecule has 2 rings (SSSR count). The van der Waals surface area contributed by atoms with Crippen molar-refractivity contribution in [3.05, 3.63) is 77.4 Å². The highest BCUT2D eigenvalue weighted by molar-refractivity contribution is 5.94. The van der Waals surface area contributed by atoms with Gasteiger partial charge in [-0.25, -0.2) is 4.79 Å². The summed E-state index contributed by atoms with van der Waals surface area (Å²) in [5, 5.41) is 2.65. The molecule has 4 heteroatoms. The van der Waals surface area contributed by atoms with Gasteiger partial charge in [0.05, 0.1) is 0 Å². The van der Waals surface area contributed by atoms with Gasteiger partial charge in [-0.3, -0.25) is 4.79 Å². The summed E-state index contributed by atoms with van der Waals surface area (Å²) in [7, 11) is 0. The van der Waals surface area contributed by atoms with Gasteiger partial charge in [0.25, 0.3) is 0 Å². The molecular formula is C19H19NO3. The van der Waals surface area contributed by atoms with Crippen molar-refractivity contribution in [2.75, 3.05) is 6.54 Å². The summed E-state index contributed by atoms with van der Waals surface area (Å²) in [6.45, 7) is 2.14. The summed E-state index contributed by atoms with van der Waals surface area (Å²) in [5.41, 5.74) is 2.53. The monoisotopic (exact) mass is 309 g/mol. The second-order valence-corrected chi connectivity index (χ2v) is 5.03. The molecule has 23 heavy (non-hydrogen) atoms. The van der Waals surface area contributed by atoms with Crippen LogP contribution in [0.5, 0.6) is 0 Å². The van der Waals surface area contributed by atoms with Gasteiger partial charge in [-0.15, -0.1) is 0 Å². The Hall–Kier alpha value is -2.88. The molecule has 0 fully saturated rings. The number of carbonyl (C=O) groups excluding carboxylic acids is 2. The van der Waals surface area contributed by atoms with Crippen molar-refractivity contribution in [3.8, 4) is 0 Å². The summed E-state index contributed by atoms with van der Waals surface area (Å²) < 4.78 is 5.10. The molecule has 0 radical (unpaired) electrons. The lowest BCUT2D eigenvalue weighted by Crippen LogP contribution is -2.24. The zero-order chi connectivity index (χ0) is 16.5. The maximum Gasteiger partial charge on any atom is 0.407 e. The highest BCUT2D eigenvalue weighted by Crippen LogP contribution is 2.07. The molecule has 0 unspecified atom stereocenters. The normalized spacial score (nSPS) is 10.5. The third-order valence-corrected chi connectivity index (χ3v) is 3.18. The minimum absolute atomic E-state index is 0.0304. The molecule has 2 aromatic carbocycles. The number of ether oxygens (including phenoxy) is 1. The zero-order valence-electron chi connectivity index (χ0n) is 13.0. The molecule has 0 aliphatic heterocycles. The number of rotatable bonds is 6. The van der Waals surface area contributed by atoms with Gasteiger partial charge >= 0.3 is 6.09 Å². The first-order valence-corrected chi connectivity index (χ1v) is 7.37. The summed E-state index contributed by atoms with van der Waals surface area (Å²) in [4.78, 5) is 22.9. The van der Waals surface area contributed by atoms with Gasteiger partial charge in [0.15, 0.2) is 5.78 Å². The van der Waals surface area contributed by atoms with E-state index in [0.29, 0.717) is 12.1 Å². The van der Waals surface area contributed by atoms with Crippen LogP contribution in [0, 0.1) is 0 Å². The topological polar surface area (TPSA) is 55.4 Å². The number of hydrogen-bond donors (Lipinski definition) is 1. The Balaban J connectivity index is 1.74. The molecule has 1 N–H and O–H groups in total. The van der Waals surface area contributed by atoms with E-state index in [9.17, 15) is 9.59 Å². The van der Waals surface area contributed by atoms with Crippen LogP contribution < -0.4 is 5.32 Å². The van der Waals surface area contributed by atoms with Gasteiger partial charge in [-0.05, 0) is 24.1 Å². The first-order chi connectivity index (χ1) is 11.1. The van der Waals surface area contributed by atoms with Crippen molar-refractivity contribution in [1.29, 1.82) is 0 Å². The van der Waals surface area contributed by atoms with E-state index in [1.54, 1.807) is 6.07 Å². The van der Waals surface area contributed by atoms with Crippen molar-refractivity contribution >= 4 is 18.0 Å². The minimum Gasteiger partial charge on any atom is -0.445 e. The van der Waals surface area contributed by atoms with Crippen LogP contribution in [0.4, 0.5) is 4.79 Å². The molecule has 0 heterocycles. The molecule has 0 saturated carbocycles. The Morgan fingerprint density at radius 1 is 1.09 bits per heavy atom. The zero-order valence-corrected chi connectivity index (χ0v) is 13.0. The van der Waals surface area contributed by atoms with Crippen LogP contribution in [-0.4, -0.2) is 18.4 Å². The van der Waals surface area contributed by atoms with Gasteiger partial charge in [0, 0.05) is 12.1 Å². The van der Waals surface area contributed by atoms with E-state index < -0.39 is 6.09 Å². The van der Waals surface area contributed by atoms with E-state index >= 15 is 0 Å². The first kappa shape index (κ1) is 16.5. The maximum atomic E-state index is 11.6. The average molecular weight is 309 g/mol. The first-order valence-electron chi connectivity index (χ1n) is 7.37. The van der Waals surface area contributed by atoms with Crippen LogP contribution in [-0.2, 0) is 11.3 Å². The average Bonchev–Trinajstić information content (AvgIpc) is 2.58. The van der Waals surface area contributed by atoms with Crippen molar-refractivity contribution in [2.24, 2.45) is 0 Å². The standard InChI is InChI=1S/C19H19NO3/c1-15(21)18-11-5-9-16(13-18)10-6-12-20-19(22)23-14-17-7-3-2-4-8-17/h2-11,13H,12,14H2,1H3,(H,20,22). The van der Waals surface area contributed by atoms with Gasteiger partial charge in [-0.2, -0.15) is 0 Å². The lowest BCUT2D eigenvalue weighted by molar-refractivity contribution is 0.101. The number of Topliss-reactive ketones (excluding diaryl/α,β-unsaturated/α-hetero) is 1. The summed E-state index contributed by atoms with van der Waals surface area (Å²) in [5.74, 6) is 0.0304. The Morgan fingerprint density at radius 3 is 2.61 bits per heavy atom. The molecule has 2 aromatic rings. The van der Waals surface area contributed by atoms with Crippen LogP contribution in [0.2, 0.25) is 0 Å². The highest BCUT2D eigenvalue weighted by atomic mass is 16.5. The largest absolute Gasteiger partial charge is 0.445 e. The van der Waals surface area contributed by atoms with Gasteiger partial charge < -0.3 is 10.1 Å². The Morgan fingerprint density at radius 2 is 1.87 bits per heavy atom. The molecular weight excluding hydrogens is 290 g/mol. The molecule has 0 aliphatic carbocycles. The molecule has 1 amide bonds. The fourth-order valence-electron chi connectivity index (χ4n) is 1.97. The lowest BCUT2D eigenvalue weighted by atomic mass is 10.1. The summed E-state index contributed by atoms with van der Waals surface area (Å²) >= 11 is 0. The molecule has 4 nitrogen and oxygen atoms in total. The van der Waals surface area contributed by atoms with Crippen LogP contribution in [0.3, 0.4) is 0 Å². The fourth-order valence-corrected chi connectivity index (χ4v) is 1.97. The Kier molecular flexibility index (Phi) is 6.12. The van der Waals surface area contributed by atoms with E-state index in [2.05, 4.69) is 5.32 Å². The van der Waals surface area contributed by atoms with Gasteiger partial charge in [0.2, 0.25) is 0 Å². The molecule has 0 spiro atoms. The van der Waals surface area contributed by atoms with Crippen molar-refractivity contribution in [1.82, 2.24) is 5.32 Å². The summed E-state index contributed by atoms with van der Waals surface area (Å²) in [6.07, 6.45) is 3.20. The smallest absolute Gasteiger partial charge is 0.407 e. The number of ketones is 1. The van der Waals surface area contributed by atoms with Crippen molar-refractivity contribution in [3.63, 3.8) is 0 Å². The number of amides is 1. The highest BCUT2D eigenvalue weighted by Gasteiger charge is 2.01. The Bertz CT molecular complexity index is 693. The third-order valence-electron chi connectivity index (χ3n) is 3.18. The van der Waals surface area contributed by atoms with Crippen LogP contribution in [0.25, 0.3) is 6.08 Å². The van der Waals surface area contributed by atoms with Crippen LogP contribution in [0.1, 0.15) is 28.4 Å². The molecule has 118 valence electrons. The number of nitrogens with one attached hydrogen (secondary N) is 1. The quantitative estimate of drug-likeness (QED) is 0.825. The second kappa shape index (κ2) is 8.54. The minimum atomic E-state index is -0.462. The number of hydrogen-bond acceptors (Lipinski definition) is 3. The predicted molar refractivity (Wildman–Crippen MR) is 90.1 cm³/mol. The van der Waals surface area contributed by atoms with Gasteiger partial charge in [0.1, 0.15) is 6.61 Å². The van der Waals surface area contributed by atoms with Crippen LogP contribution >= 0.6 is 0 Å². The van der Waals surface area contributed by atoms with Crippen molar-refractivity contribution in [2.45, 2.75) is 13.5 Å². The number of benzene rings is 2. The van der Waals surface area contributed by atoms with E-state index in [1.165, 1.54) is 6.92 Å².